The molecule has 0 aliphatic heterocycles. The summed E-state index contributed by atoms with van der Waals surface area (Å²) in [7, 11) is 0. The largest absolute Gasteiger partial charge is 0.348 e. The first-order valence-electron chi connectivity index (χ1n) is 9.98. The number of hydrogen-bond acceptors (Lipinski definition) is 6. The van der Waals surface area contributed by atoms with Gasteiger partial charge in [0.15, 0.2) is 0 Å². The van der Waals surface area contributed by atoms with Gasteiger partial charge in [-0.1, -0.05) is 12.1 Å². The van der Waals surface area contributed by atoms with Crippen molar-refractivity contribution in [2.24, 2.45) is 0 Å². The third kappa shape index (κ3) is 5.10. The summed E-state index contributed by atoms with van der Waals surface area (Å²) in [5.41, 5.74) is 1.49. The van der Waals surface area contributed by atoms with Gasteiger partial charge in [-0.25, -0.2) is 14.1 Å². The number of benzene rings is 3. The number of nitrogens with one attached hydrogen (secondary N) is 2. The third-order valence-electron chi connectivity index (χ3n) is 4.84. The molecule has 0 aliphatic rings. The minimum atomic E-state index is -0.596. The number of rotatable bonds is 7. The number of aromatic nitrogens is 3. The van der Waals surface area contributed by atoms with Crippen LogP contribution in [-0.2, 0) is 6.54 Å². The summed E-state index contributed by atoms with van der Waals surface area (Å²) >= 11 is 0. The molecule has 0 aliphatic carbocycles. The predicted molar refractivity (Wildman–Crippen MR) is 120 cm³/mol. The van der Waals surface area contributed by atoms with Gasteiger partial charge in [0.05, 0.1) is 4.92 Å². The maximum Gasteiger partial charge on any atom is 0.295 e. The van der Waals surface area contributed by atoms with Gasteiger partial charge in [-0.05, 0) is 54.1 Å². The fourth-order valence-corrected chi connectivity index (χ4v) is 3.19. The van der Waals surface area contributed by atoms with Crippen molar-refractivity contribution >= 4 is 23.2 Å². The van der Waals surface area contributed by atoms with Crippen molar-refractivity contribution < 1.29 is 18.9 Å². The van der Waals surface area contributed by atoms with Gasteiger partial charge >= 0.3 is 0 Å². The fraction of sp³-hybridized carbons (Fsp3) is 0.0435. The summed E-state index contributed by atoms with van der Waals surface area (Å²) in [6, 6.07) is 16.0. The number of amides is 2. The van der Waals surface area contributed by atoms with E-state index in [1.54, 1.807) is 24.3 Å². The molecule has 0 saturated carbocycles. The molecule has 170 valence electrons. The predicted octanol–water partition coefficient (Wildman–Crippen LogP) is 3.50. The van der Waals surface area contributed by atoms with E-state index in [4.69, 9.17) is 0 Å². The van der Waals surface area contributed by atoms with Crippen LogP contribution >= 0.6 is 0 Å². The smallest absolute Gasteiger partial charge is 0.295 e. The van der Waals surface area contributed by atoms with E-state index in [1.807, 2.05) is 0 Å². The van der Waals surface area contributed by atoms with Crippen LogP contribution in [0.5, 0.6) is 0 Å². The van der Waals surface area contributed by atoms with E-state index in [0.29, 0.717) is 16.8 Å². The van der Waals surface area contributed by atoms with Crippen LogP contribution in [0.4, 0.5) is 15.8 Å². The molecule has 0 unspecified atom stereocenters. The maximum absolute atomic E-state index is 13.0. The number of hydrogen-bond donors (Lipinski definition) is 2. The van der Waals surface area contributed by atoms with Crippen molar-refractivity contribution in [3.05, 3.63) is 112 Å². The lowest BCUT2D eigenvalue weighted by molar-refractivity contribution is -0.384. The highest BCUT2D eigenvalue weighted by Crippen LogP contribution is 2.23. The number of nitro groups is 1. The Hall–Kier alpha value is -4.93. The molecule has 34 heavy (non-hydrogen) atoms. The summed E-state index contributed by atoms with van der Waals surface area (Å²) in [5.74, 6) is -1.34. The molecular formula is C23H17FN6O4. The average molecular weight is 460 g/mol. The van der Waals surface area contributed by atoms with E-state index in [9.17, 15) is 24.1 Å². The van der Waals surface area contributed by atoms with Crippen LogP contribution in [0.3, 0.4) is 0 Å². The lowest BCUT2D eigenvalue weighted by Crippen LogP contribution is -2.23. The zero-order valence-corrected chi connectivity index (χ0v) is 17.5. The molecule has 0 atom stereocenters. The van der Waals surface area contributed by atoms with Gasteiger partial charge in [0.2, 0.25) is 0 Å². The fourth-order valence-electron chi connectivity index (χ4n) is 3.19. The molecule has 4 rings (SSSR count). The molecule has 1 heterocycles. The molecule has 4 aromatic rings. The second-order valence-corrected chi connectivity index (χ2v) is 7.14. The van der Waals surface area contributed by atoms with Gasteiger partial charge in [-0.3, -0.25) is 19.7 Å². The number of carbonyl (C=O) groups excluding carboxylic acids is 2. The topological polar surface area (TPSA) is 132 Å². The second kappa shape index (κ2) is 9.69. The minimum Gasteiger partial charge on any atom is -0.348 e. The van der Waals surface area contributed by atoms with Crippen molar-refractivity contribution in [2.75, 3.05) is 5.32 Å². The van der Waals surface area contributed by atoms with Crippen molar-refractivity contribution in [1.82, 2.24) is 20.1 Å². The van der Waals surface area contributed by atoms with Crippen LogP contribution in [0, 0.1) is 15.9 Å². The highest BCUT2D eigenvalue weighted by atomic mass is 19.1. The van der Waals surface area contributed by atoms with Crippen molar-refractivity contribution in [3.63, 3.8) is 0 Å². The number of carbonyl (C=O) groups is 2. The van der Waals surface area contributed by atoms with Gasteiger partial charge < -0.3 is 10.6 Å². The highest BCUT2D eigenvalue weighted by molar-refractivity contribution is 6.04. The first-order valence-corrected chi connectivity index (χ1v) is 9.98. The molecule has 2 N–H and O–H groups in total. The number of nitrogens with zero attached hydrogens (tertiary/aromatic N) is 4. The van der Waals surface area contributed by atoms with Gasteiger partial charge in [0.25, 0.3) is 17.5 Å². The van der Waals surface area contributed by atoms with E-state index in [1.165, 1.54) is 59.8 Å². The molecule has 10 nitrogen and oxygen atoms in total. The Morgan fingerprint density at radius 2 is 1.76 bits per heavy atom. The molecule has 0 fully saturated rings. The van der Waals surface area contributed by atoms with Crippen molar-refractivity contribution in [2.45, 2.75) is 6.54 Å². The lowest BCUT2D eigenvalue weighted by Gasteiger charge is -2.10. The molecule has 0 bridgehead atoms. The summed E-state index contributed by atoms with van der Waals surface area (Å²) < 4.78 is 14.3. The van der Waals surface area contributed by atoms with Crippen LogP contribution in [0.25, 0.3) is 5.69 Å². The SMILES string of the molecule is O=C(NCc1cccc(NC(=O)c2ccc(F)cc2)c1)c1ccc(-n2cncn2)c([N+](=O)[O-])c1. The Kier molecular flexibility index (Phi) is 6.35. The van der Waals surface area contributed by atoms with E-state index < -0.39 is 22.6 Å². The van der Waals surface area contributed by atoms with Crippen LogP contribution in [-0.4, -0.2) is 31.5 Å². The zero-order chi connectivity index (χ0) is 24.1. The Morgan fingerprint density at radius 1 is 1.00 bits per heavy atom. The summed E-state index contributed by atoms with van der Waals surface area (Å²) in [5, 5.41) is 20.8. The molecule has 0 radical (unpaired) electrons. The Balaban J connectivity index is 1.43. The number of nitro benzene ring substituents is 1. The summed E-state index contributed by atoms with van der Waals surface area (Å²) in [6.07, 6.45) is 2.57. The monoisotopic (exact) mass is 460 g/mol. The van der Waals surface area contributed by atoms with Crippen LogP contribution in [0.1, 0.15) is 26.3 Å². The van der Waals surface area contributed by atoms with Crippen LogP contribution in [0.15, 0.2) is 79.4 Å². The number of anilines is 1. The molecule has 2 amide bonds. The Bertz CT molecular complexity index is 1360. The minimum absolute atomic E-state index is 0.108. The van der Waals surface area contributed by atoms with Gasteiger partial charge in [-0.2, -0.15) is 5.10 Å². The highest BCUT2D eigenvalue weighted by Gasteiger charge is 2.19. The van der Waals surface area contributed by atoms with Gasteiger partial charge in [0.1, 0.15) is 24.2 Å². The Labute approximate surface area is 192 Å². The standard InChI is InChI=1S/C23H17FN6O4/c24-18-7-4-16(5-8-18)23(32)28-19-3-1-2-15(10-19)12-26-22(31)17-6-9-20(21(11-17)30(33)34)29-14-25-13-27-29/h1-11,13-14H,12H2,(H,26,31)(H,28,32). The molecule has 0 saturated heterocycles. The lowest BCUT2D eigenvalue weighted by atomic mass is 10.1. The quantitative estimate of drug-likeness (QED) is 0.320. The normalized spacial score (nSPS) is 10.5. The Morgan fingerprint density at radius 3 is 2.47 bits per heavy atom. The zero-order valence-electron chi connectivity index (χ0n) is 17.5. The van der Waals surface area contributed by atoms with Gasteiger partial charge in [0, 0.05) is 29.4 Å². The second-order valence-electron chi connectivity index (χ2n) is 7.14. The van der Waals surface area contributed by atoms with Crippen LogP contribution < -0.4 is 10.6 Å². The van der Waals surface area contributed by atoms with E-state index in [0.717, 1.165) is 0 Å². The molecule has 1 aromatic heterocycles. The molecule has 11 heteroatoms. The van der Waals surface area contributed by atoms with E-state index in [-0.39, 0.29) is 23.5 Å². The van der Waals surface area contributed by atoms with E-state index in [2.05, 4.69) is 20.7 Å². The van der Waals surface area contributed by atoms with Crippen molar-refractivity contribution in [1.29, 1.82) is 0 Å². The van der Waals surface area contributed by atoms with Gasteiger partial charge in [-0.15, -0.1) is 0 Å². The number of halogens is 1. The first kappa shape index (κ1) is 22.3. The van der Waals surface area contributed by atoms with Crippen LogP contribution in [0.2, 0.25) is 0 Å². The maximum atomic E-state index is 13.0. The summed E-state index contributed by atoms with van der Waals surface area (Å²) in [4.78, 5) is 39.6. The third-order valence-corrected chi connectivity index (χ3v) is 4.84. The molecule has 0 spiro atoms. The molecule has 3 aromatic carbocycles. The summed E-state index contributed by atoms with van der Waals surface area (Å²) in [6.45, 7) is 0.123. The van der Waals surface area contributed by atoms with Crippen molar-refractivity contribution in [3.8, 4) is 5.69 Å². The van der Waals surface area contributed by atoms with E-state index >= 15 is 0 Å². The average Bonchev–Trinajstić information content (AvgIpc) is 3.37. The first-order chi connectivity index (χ1) is 16.4. The molecular weight excluding hydrogens is 443 g/mol.